The van der Waals surface area contributed by atoms with Gasteiger partial charge >= 0.3 is 0 Å². The molecule has 0 aliphatic rings. The summed E-state index contributed by atoms with van der Waals surface area (Å²) in [7, 11) is 0.383. The number of nitrogens with zero attached hydrogens (tertiary/aromatic N) is 3. The van der Waals surface area contributed by atoms with Gasteiger partial charge in [0.1, 0.15) is 0 Å². The van der Waals surface area contributed by atoms with Crippen molar-refractivity contribution in [2.75, 3.05) is 66.0 Å². The Balaban J connectivity index is 5.77. The molecule has 0 aliphatic heterocycles. The van der Waals surface area contributed by atoms with E-state index in [1.807, 2.05) is 7.11 Å². The van der Waals surface area contributed by atoms with Crippen LogP contribution < -0.4 is 0 Å². The molecule has 1 atom stereocenters. The van der Waals surface area contributed by atoms with E-state index >= 15 is 0 Å². The van der Waals surface area contributed by atoms with Gasteiger partial charge in [-0.05, 0) is 128 Å². The molecule has 200 valence electrons. The maximum absolute atomic E-state index is 6.15. The topological polar surface area (TPSA) is 19.0 Å². The highest BCUT2D eigenvalue weighted by atomic mass is 28.4. The molecular formula is C28H63N3OSi. The maximum atomic E-state index is 6.15. The third-order valence-electron chi connectivity index (χ3n) is 8.26. The summed E-state index contributed by atoms with van der Waals surface area (Å²) in [4.78, 5) is 8.07. The fourth-order valence-electron chi connectivity index (χ4n) is 5.12. The van der Waals surface area contributed by atoms with E-state index in [2.05, 4.69) is 69.7 Å². The van der Waals surface area contributed by atoms with Gasteiger partial charge in [0.15, 0.2) is 8.32 Å². The monoisotopic (exact) mass is 485 g/mol. The van der Waals surface area contributed by atoms with Crippen LogP contribution in [0.5, 0.6) is 0 Å². The fourth-order valence-corrected chi connectivity index (χ4v) is 7.03. The minimum atomic E-state index is -1.59. The van der Waals surface area contributed by atoms with Crippen molar-refractivity contribution in [3.63, 3.8) is 0 Å². The molecule has 0 aromatic heterocycles. The molecule has 0 radical (unpaired) electrons. The van der Waals surface area contributed by atoms with Gasteiger partial charge in [0, 0.05) is 7.11 Å². The van der Waals surface area contributed by atoms with Gasteiger partial charge in [-0.1, -0.05) is 48.5 Å². The van der Waals surface area contributed by atoms with Crippen LogP contribution in [0.25, 0.3) is 0 Å². The van der Waals surface area contributed by atoms with Crippen LogP contribution in [-0.2, 0) is 4.43 Å². The largest absolute Gasteiger partial charge is 0.420 e. The van der Waals surface area contributed by atoms with Crippen LogP contribution in [0.15, 0.2) is 0 Å². The van der Waals surface area contributed by atoms with Crippen molar-refractivity contribution in [2.45, 2.75) is 112 Å². The van der Waals surface area contributed by atoms with Crippen molar-refractivity contribution in [3.05, 3.63) is 0 Å². The van der Waals surface area contributed by atoms with Crippen molar-refractivity contribution in [2.24, 2.45) is 5.41 Å². The summed E-state index contributed by atoms with van der Waals surface area (Å²) in [5, 5.41) is 0. The molecule has 0 rings (SSSR count). The lowest BCUT2D eigenvalue weighted by atomic mass is 9.75. The Morgan fingerprint density at radius 2 is 0.939 bits per heavy atom. The minimum Gasteiger partial charge on any atom is -0.420 e. The zero-order valence-corrected chi connectivity index (χ0v) is 25.5. The van der Waals surface area contributed by atoms with Crippen molar-refractivity contribution >= 4 is 8.32 Å². The quantitative estimate of drug-likeness (QED) is 0.145. The first-order valence-electron chi connectivity index (χ1n) is 14.5. The number of hydrogen-bond donors (Lipinski definition) is 0. The van der Waals surface area contributed by atoms with E-state index in [0.717, 1.165) is 0 Å². The second-order valence-corrected chi connectivity index (χ2v) is 15.1. The zero-order valence-electron chi connectivity index (χ0n) is 24.5. The molecule has 0 aromatic carbocycles. The predicted octanol–water partition coefficient (Wildman–Crippen LogP) is 6.97. The summed E-state index contributed by atoms with van der Waals surface area (Å²) in [5.74, 6) is 0. The Morgan fingerprint density at radius 1 is 0.576 bits per heavy atom. The minimum absolute atomic E-state index is 0.422. The molecule has 0 amide bonds. The highest BCUT2D eigenvalue weighted by Gasteiger charge is 2.35. The molecular weight excluding hydrogens is 422 g/mol. The summed E-state index contributed by atoms with van der Waals surface area (Å²) in [6.45, 7) is 29.8. The molecule has 0 N–H and O–H groups in total. The SMILES string of the molecule is CCCN(CC)CCC(CCN(CC)CCC)(CCN(CC)CCC)CC[Si](C)(CC)OC. The van der Waals surface area contributed by atoms with Crippen LogP contribution in [0.4, 0.5) is 0 Å². The lowest BCUT2D eigenvalue weighted by molar-refractivity contribution is 0.118. The molecule has 33 heavy (non-hydrogen) atoms. The Hall–Kier alpha value is 0.0569. The van der Waals surface area contributed by atoms with Crippen LogP contribution in [0, 0.1) is 5.41 Å². The van der Waals surface area contributed by atoms with Crippen LogP contribution in [0.3, 0.4) is 0 Å². The first-order chi connectivity index (χ1) is 15.8. The molecule has 4 nitrogen and oxygen atoms in total. The lowest BCUT2D eigenvalue weighted by Gasteiger charge is -2.41. The van der Waals surface area contributed by atoms with Gasteiger partial charge in [0.05, 0.1) is 0 Å². The molecule has 0 aromatic rings. The molecule has 1 unspecified atom stereocenters. The summed E-state index contributed by atoms with van der Waals surface area (Å²) < 4.78 is 6.15. The van der Waals surface area contributed by atoms with Gasteiger partial charge < -0.3 is 19.1 Å². The highest BCUT2D eigenvalue weighted by molar-refractivity contribution is 6.72. The third kappa shape index (κ3) is 13.7. The third-order valence-corrected chi connectivity index (χ3v) is 12.1. The Morgan fingerprint density at radius 3 is 1.18 bits per heavy atom. The smallest absolute Gasteiger partial charge is 0.188 e. The van der Waals surface area contributed by atoms with Crippen molar-refractivity contribution < 1.29 is 4.43 Å². The summed E-state index contributed by atoms with van der Waals surface area (Å²) in [6.07, 6.45) is 9.13. The number of hydrogen-bond acceptors (Lipinski definition) is 4. The van der Waals surface area contributed by atoms with E-state index in [-0.39, 0.29) is 0 Å². The van der Waals surface area contributed by atoms with E-state index in [4.69, 9.17) is 4.43 Å². The van der Waals surface area contributed by atoms with Gasteiger partial charge in [-0.15, -0.1) is 0 Å². The summed E-state index contributed by atoms with van der Waals surface area (Å²) >= 11 is 0. The molecule has 0 spiro atoms. The van der Waals surface area contributed by atoms with E-state index in [0.29, 0.717) is 5.41 Å². The Labute approximate surface area is 210 Å². The van der Waals surface area contributed by atoms with E-state index in [1.54, 1.807) is 0 Å². The molecule has 0 aliphatic carbocycles. The van der Waals surface area contributed by atoms with Gasteiger partial charge in [-0.25, -0.2) is 0 Å². The first-order valence-corrected chi connectivity index (χ1v) is 17.4. The summed E-state index contributed by atoms with van der Waals surface area (Å²) in [5.41, 5.74) is 0.422. The summed E-state index contributed by atoms with van der Waals surface area (Å²) in [6, 6.07) is 2.53. The number of rotatable bonds is 23. The second-order valence-electron chi connectivity index (χ2n) is 10.6. The van der Waals surface area contributed by atoms with Crippen LogP contribution in [0.1, 0.15) is 93.4 Å². The van der Waals surface area contributed by atoms with Crippen molar-refractivity contribution in [1.82, 2.24) is 14.7 Å². The van der Waals surface area contributed by atoms with Crippen LogP contribution >= 0.6 is 0 Å². The second kappa shape index (κ2) is 19.3. The predicted molar refractivity (Wildman–Crippen MR) is 152 cm³/mol. The van der Waals surface area contributed by atoms with E-state index in [1.165, 1.54) is 116 Å². The van der Waals surface area contributed by atoms with Gasteiger partial charge in [0.25, 0.3) is 0 Å². The average molecular weight is 486 g/mol. The van der Waals surface area contributed by atoms with E-state index in [9.17, 15) is 0 Å². The Kier molecular flexibility index (Phi) is 19.3. The lowest BCUT2D eigenvalue weighted by Crippen LogP contribution is -2.40. The average Bonchev–Trinajstić information content (AvgIpc) is 2.84. The van der Waals surface area contributed by atoms with Gasteiger partial charge in [-0.3, -0.25) is 0 Å². The fraction of sp³-hybridized carbons (Fsp3) is 1.00. The Bertz CT molecular complexity index is 399. The first kappa shape index (κ1) is 33.1. The molecule has 0 saturated carbocycles. The highest BCUT2D eigenvalue weighted by Crippen LogP contribution is 2.40. The maximum Gasteiger partial charge on any atom is 0.188 e. The molecule has 0 saturated heterocycles. The molecule has 0 heterocycles. The van der Waals surface area contributed by atoms with Crippen LogP contribution in [0.2, 0.25) is 18.6 Å². The standard InChI is InChI=1S/C28H63N3OSi/c1-10-21-29(13-4)24-17-28(18-25-30(14-5)22-11-2,19-26-31(15-6)23-12-3)20-27-33(9,16-7)32-8/h10-27H2,1-9H3. The normalized spacial score (nSPS) is 14.5. The van der Waals surface area contributed by atoms with E-state index < -0.39 is 8.32 Å². The molecule has 0 bridgehead atoms. The zero-order chi connectivity index (χ0) is 25.2. The van der Waals surface area contributed by atoms with Crippen molar-refractivity contribution in [1.29, 1.82) is 0 Å². The van der Waals surface area contributed by atoms with Crippen molar-refractivity contribution in [3.8, 4) is 0 Å². The van der Waals surface area contributed by atoms with Gasteiger partial charge in [0.2, 0.25) is 0 Å². The van der Waals surface area contributed by atoms with Gasteiger partial charge in [-0.2, -0.15) is 0 Å². The van der Waals surface area contributed by atoms with Crippen LogP contribution in [-0.4, -0.2) is 89.0 Å². The molecule has 5 heteroatoms. The molecule has 0 fully saturated rings.